The van der Waals surface area contributed by atoms with Crippen LogP contribution in [0.15, 0.2) is 91.5 Å². The van der Waals surface area contributed by atoms with Crippen LogP contribution in [0.5, 0.6) is 0 Å². The first-order valence-electron chi connectivity index (χ1n) is 11.8. The number of hydrogen-bond acceptors (Lipinski definition) is 4. The molecule has 1 heterocycles. The van der Waals surface area contributed by atoms with Gasteiger partial charge in [-0.25, -0.2) is 4.79 Å². The zero-order valence-electron chi connectivity index (χ0n) is 20.8. The normalized spacial score (nSPS) is 20.4. The molecule has 1 aromatic carbocycles. The molecule has 37 heavy (non-hydrogen) atoms. The third-order valence-electron chi connectivity index (χ3n) is 6.21. The van der Waals surface area contributed by atoms with Crippen LogP contribution in [0.1, 0.15) is 37.3 Å². The zero-order chi connectivity index (χ0) is 27.2. The number of ketones is 1. The molecule has 196 valence electrons. The predicted molar refractivity (Wildman–Crippen MR) is 139 cm³/mol. The van der Waals surface area contributed by atoms with E-state index in [1.165, 1.54) is 0 Å². The molecule has 1 aliphatic carbocycles. The lowest BCUT2D eigenvalue weighted by molar-refractivity contribution is -0.122. The van der Waals surface area contributed by atoms with E-state index in [2.05, 4.69) is 23.8 Å². The van der Waals surface area contributed by atoms with Crippen LogP contribution < -0.4 is 16.0 Å². The number of alkyl halides is 3. The average Bonchev–Trinajstić information content (AvgIpc) is 3.28. The van der Waals surface area contributed by atoms with Gasteiger partial charge >= 0.3 is 12.2 Å². The van der Waals surface area contributed by atoms with Gasteiger partial charge in [0.25, 0.3) is 0 Å². The number of nitrogens with one attached hydrogen (secondary N) is 3. The van der Waals surface area contributed by atoms with Crippen LogP contribution in [0.2, 0.25) is 0 Å². The molecule has 6 nitrogen and oxygen atoms in total. The van der Waals surface area contributed by atoms with Crippen molar-refractivity contribution >= 4 is 17.4 Å². The van der Waals surface area contributed by atoms with E-state index in [0.717, 1.165) is 28.0 Å². The molecule has 3 unspecified atom stereocenters. The average molecular weight is 513 g/mol. The molecule has 0 saturated heterocycles. The van der Waals surface area contributed by atoms with E-state index in [9.17, 15) is 22.8 Å². The SMILES string of the molecule is C=C/C(=C\C1NC=C(C2=CC(NC(=O)NCC(F)(F)F)CC=C2)N1C=C)c1ccc(C(C)C(C)=O)cc1. The first-order chi connectivity index (χ1) is 17.5. The molecule has 1 aromatic rings. The second-order valence-electron chi connectivity index (χ2n) is 8.82. The van der Waals surface area contributed by atoms with Gasteiger partial charge in [0.15, 0.2) is 0 Å². The Morgan fingerprint density at radius 1 is 1.24 bits per heavy atom. The van der Waals surface area contributed by atoms with Crippen molar-refractivity contribution in [1.82, 2.24) is 20.9 Å². The molecular weight excluding hydrogens is 481 g/mol. The number of urea groups is 1. The maximum atomic E-state index is 12.4. The summed E-state index contributed by atoms with van der Waals surface area (Å²) < 4.78 is 37.1. The Kier molecular flexibility index (Phi) is 8.81. The minimum atomic E-state index is -4.47. The Hall–Kier alpha value is -4.01. The fraction of sp³-hybridized carbons (Fsp3) is 0.286. The number of carbonyl (C=O) groups excluding carboxylic acids is 2. The highest BCUT2D eigenvalue weighted by atomic mass is 19.4. The number of halogens is 3. The van der Waals surface area contributed by atoms with Gasteiger partial charge in [0.1, 0.15) is 18.5 Å². The Labute approximate surface area is 215 Å². The van der Waals surface area contributed by atoms with Crippen molar-refractivity contribution in [3.8, 4) is 0 Å². The largest absolute Gasteiger partial charge is 0.405 e. The van der Waals surface area contributed by atoms with Gasteiger partial charge in [-0.3, -0.25) is 4.79 Å². The van der Waals surface area contributed by atoms with Crippen molar-refractivity contribution < 1.29 is 22.8 Å². The van der Waals surface area contributed by atoms with E-state index in [1.807, 2.05) is 65.8 Å². The van der Waals surface area contributed by atoms with Crippen LogP contribution in [-0.4, -0.2) is 41.6 Å². The molecule has 3 atom stereocenters. The van der Waals surface area contributed by atoms with E-state index < -0.39 is 24.8 Å². The van der Waals surface area contributed by atoms with Crippen molar-refractivity contribution in [2.45, 2.75) is 44.6 Å². The Bertz CT molecular complexity index is 1160. The van der Waals surface area contributed by atoms with Crippen LogP contribution in [0.3, 0.4) is 0 Å². The molecule has 0 bridgehead atoms. The number of benzene rings is 1. The van der Waals surface area contributed by atoms with Gasteiger partial charge in [0.2, 0.25) is 0 Å². The first-order valence-corrected chi connectivity index (χ1v) is 11.8. The number of hydrogen-bond donors (Lipinski definition) is 3. The number of Topliss-reactive ketones (excluding diaryl/α,β-unsaturated/α-hetero) is 1. The van der Waals surface area contributed by atoms with Crippen molar-refractivity contribution in [2.75, 3.05) is 6.54 Å². The quantitative estimate of drug-likeness (QED) is 0.394. The number of rotatable bonds is 9. The summed E-state index contributed by atoms with van der Waals surface area (Å²) in [6.45, 7) is 9.93. The van der Waals surface area contributed by atoms with Gasteiger partial charge < -0.3 is 20.9 Å². The third-order valence-corrected chi connectivity index (χ3v) is 6.21. The minimum absolute atomic E-state index is 0.105. The van der Waals surface area contributed by atoms with Gasteiger partial charge in [-0.15, -0.1) is 0 Å². The van der Waals surface area contributed by atoms with Gasteiger partial charge in [-0.05, 0) is 47.9 Å². The van der Waals surface area contributed by atoms with Crippen molar-refractivity contribution in [2.24, 2.45) is 0 Å². The summed E-state index contributed by atoms with van der Waals surface area (Å²) in [5, 5.41) is 7.68. The van der Waals surface area contributed by atoms with Crippen LogP contribution in [0, 0.1) is 0 Å². The maximum Gasteiger partial charge on any atom is 0.405 e. The molecule has 9 heteroatoms. The number of nitrogens with zero attached hydrogens (tertiary/aromatic N) is 1. The fourth-order valence-electron chi connectivity index (χ4n) is 4.05. The highest BCUT2D eigenvalue weighted by Gasteiger charge is 2.29. The fourth-order valence-corrected chi connectivity index (χ4v) is 4.05. The Balaban J connectivity index is 1.72. The molecule has 2 amide bonds. The monoisotopic (exact) mass is 512 g/mol. The van der Waals surface area contributed by atoms with E-state index in [-0.39, 0.29) is 17.9 Å². The molecule has 0 aromatic heterocycles. The Morgan fingerprint density at radius 3 is 2.54 bits per heavy atom. The van der Waals surface area contributed by atoms with Crippen LogP contribution in [0.25, 0.3) is 5.57 Å². The lowest BCUT2D eigenvalue weighted by Gasteiger charge is -2.26. The first kappa shape index (κ1) is 27.6. The second kappa shape index (κ2) is 11.8. The lowest BCUT2D eigenvalue weighted by Crippen LogP contribution is -2.45. The molecular formula is C28H31F3N4O2. The summed E-state index contributed by atoms with van der Waals surface area (Å²) >= 11 is 0. The zero-order valence-corrected chi connectivity index (χ0v) is 20.8. The third kappa shape index (κ3) is 7.25. The lowest BCUT2D eigenvalue weighted by atomic mass is 9.95. The van der Waals surface area contributed by atoms with Crippen LogP contribution in [0.4, 0.5) is 18.0 Å². The molecule has 0 radical (unpaired) electrons. The molecule has 3 N–H and O–H groups in total. The second-order valence-corrected chi connectivity index (χ2v) is 8.82. The number of allylic oxidation sites excluding steroid dienone is 3. The molecule has 0 spiro atoms. The minimum Gasteiger partial charge on any atom is -0.366 e. The van der Waals surface area contributed by atoms with Gasteiger partial charge in [-0.1, -0.05) is 68.7 Å². The predicted octanol–water partition coefficient (Wildman–Crippen LogP) is 5.28. The van der Waals surface area contributed by atoms with Crippen molar-refractivity contribution in [1.29, 1.82) is 0 Å². The summed E-state index contributed by atoms with van der Waals surface area (Å²) in [6.07, 6.45) is 8.51. The molecule has 0 fully saturated rings. The highest BCUT2D eigenvalue weighted by molar-refractivity contribution is 5.83. The van der Waals surface area contributed by atoms with Crippen LogP contribution >= 0.6 is 0 Å². The van der Waals surface area contributed by atoms with E-state index in [0.29, 0.717) is 6.42 Å². The summed E-state index contributed by atoms with van der Waals surface area (Å²) in [5.41, 5.74) is 4.36. The maximum absolute atomic E-state index is 12.4. The number of amides is 2. The van der Waals surface area contributed by atoms with Crippen molar-refractivity contribution in [3.63, 3.8) is 0 Å². The number of carbonyl (C=O) groups is 2. The van der Waals surface area contributed by atoms with E-state index >= 15 is 0 Å². The highest BCUT2D eigenvalue weighted by Crippen LogP contribution is 2.29. The summed E-state index contributed by atoms with van der Waals surface area (Å²) in [6, 6.07) is 6.44. The topological polar surface area (TPSA) is 73.5 Å². The van der Waals surface area contributed by atoms with E-state index in [4.69, 9.17) is 0 Å². The van der Waals surface area contributed by atoms with Gasteiger partial charge in [0, 0.05) is 12.1 Å². The van der Waals surface area contributed by atoms with Crippen molar-refractivity contribution in [3.05, 3.63) is 103 Å². The molecule has 3 rings (SSSR count). The van der Waals surface area contributed by atoms with Gasteiger partial charge in [-0.2, -0.15) is 13.2 Å². The summed E-state index contributed by atoms with van der Waals surface area (Å²) in [4.78, 5) is 25.5. The molecule has 0 saturated carbocycles. The standard InChI is InChI=1S/C28H31F3N4O2/c1-5-20(22-12-10-21(11-13-22)18(3)19(4)36)15-26-32-16-25(35(26)6-2)23-8-7-9-24(14-23)34-27(37)33-17-28(29,30)31/h5-8,10-16,18,24,26,32H,1-2,9,17H2,3-4H3,(H2,33,34,37)/b20-15+. The van der Waals surface area contributed by atoms with Gasteiger partial charge in [0.05, 0.1) is 11.7 Å². The van der Waals surface area contributed by atoms with E-state index in [1.54, 1.807) is 25.3 Å². The molecule has 1 aliphatic heterocycles. The summed E-state index contributed by atoms with van der Waals surface area (Å²) in [7, 11) is 0. The van der Waals surface area contributed by atoms with Crippen LogP contribution in [-0.2, 0) is 4.79 Å². The molecule has 2 aliphatic rings. The smallest absolute Gasteiger partial charge is 0.366 e. The summed E-state index contributed by atoms with van der Waals surface area (Å²) in [5.74, 6) is -0.0661. The Morgan fingerprint density at radius 2 is 1.95 bits per heavy atom.